The van der Waals surface area contributed by atoms with Crippen LogP contribution >= 0.6 is 0 Å². The second kappa shape index (κ2) is 4.05. The van der Waals surface area contributed by atoms with Gasteiger partial charge >= 0.3 is 0 Å². The first-order valence-electron chi connectivity index (χ1n) is 5.43. The number of Topliss-reactive ketones (excluding diaryl/α,β-unsaturated/α-hetero) is 1. The average Bonchev–Trinajstić information content (AvgIpc) is 2.40. The first-order valence-corrected chi connectivity index (χ1v) is 5.43. The lowest BCUT2D eigenvalue weighted by molar-refractivity contribution is 0.0981. The van der Waals surface area contributed by atoms with Crippen LogP contribution < -0.4 is 4.74 Å². The molecule has 0 N–H and O–H groups in total. The highest BCUT2D eigenvalue weighted by Gasteiger charge is 2.17. The van der Waals surface area contributed by atoms with Crippen LogP contribution in [0.1, 0.15) is 40.7 Å². The molecule has 0 atom stereocenters. The fourth-order valence-corrected chi connectivity index (χ4v) is 2.17. The Morgan fingerprint density at radius 2 is 1.93 bits per heavy atom. The van der Waals surface area contributed by atoms with E-state index >= 15 is 0 Å². The molecule has 0 aliphatic heterocycles. The molecule has 2 heteroatoms. The molecular formula is C13H16O2. The molecule has 0 bridgehead atoms. The van der Waals surface area contributed by atoms with Crippen LogP contribution in [-0.4, -0.2) is 12.9 Å². The molecular weight excluding hydrogens is 188 g/mol. The summed E-state index contributed by atoms with van der Waals surface area (Å²) in [6, 6.07) is 4.00. The van der Waals surface area contributed by atoms with E-state index in [9.17, 15) is 4.79 Å². The smallest absolute Gasteiger partial charge is 0.163 e. The third kappa shape index (κ3) is 1.89. The summed E-state index contributed by atoms with van der Waals surface area (Å²) in [4.78, 5) is 11.8. The van der Waals surface area contributed by atoms with E-state index in [0.29, 0.717) is 6.42 Å². The average molecular weight is 204 g/mol. The number of carbonyl (C=O) groups is 1. The Hall–Kier alpha value is -1.31. The number of aryl methyl sites for hydroxylation is 2. The van der Waals surface area contributed by atoms with E-state index in [2.05, 4.69) is 6.07 Å². The monoisotopic (exact) mass is 204 g/mol. The van der Waals surface area contributed by atoms with E-state index in [0.717, 1.165) is 36.1 Å². The van der Waals surface area contributed by atoms with Gasteiger partial charge in [-0.3, -0.25) is 4.79 Å². The standard InChI is InChI=1S/C13H16O2/c1-9-7-10-5-3-4-6-12(14)11(10)8-13(9)15-2/h7-8H,3-6H2,1-2H3. The zero-order valence-electron chi connectivity index (χ0n) is 9.30. The molecule has 0 spiro atoms. The Kier molecular flexibility index (Phi) is 2.76. The number of ether oxygens (including phenoxy) is 1. The summed E-state index contributed by atoms with van der Waals surface area (Å²) in [5.74, 6) is 1.09. The highest BCUT2D eigenvalue weighted by molar-refractivity contribution is 5.98. The lowest BCUT2D eigenvalue weighted by Gasteiger charge is -2.10. The van der Waals surface area contributed by atoms with Gasteiger partial charge in [0.05, 0.1) is 7.11 Å². The molecule has 15 heavy (non-hydrogen) atoms. The molecule has 0 fully saturated rings. The summed E-state index contributed by atoms with van der Waals surface area (Å²) in [5, 5.41) is 0. The van der Waals surface area contributed by atoms with Gasteiger partial charge in [-0.1, -0.05) is 6.07 Å². The normalized spacial score (nSPS) is 15.7. The molecule has 0 heterocycles. The molecule has 0 radical (unpaired) electrons. The Morgan fingerprint density at radius 3 is 2.67 bits per heavy atom. The van der Waals surface area contributed by atoms with E-state index < -0.39 is 0 Å². The maximum absolute atomic E-state index is 11.8. The topological polar surface area (TPSA) is 26.3 Å². The van der Waals surface area contributed by atoms with Crippen LogP contribution in [0.5, 0.6) is 5.75 Å². The van der Waals surface area contributed by atoms with Crippen molar-refractivity contribution in [3.05, 3.63) is 28.8 Å². The molecule has 1 aliphatic carbocycles. The Labute approximate surface area is 90.3 Å². The molecule has 0 aromatic heterocycles. The van der Waals surface area contributed by atoms with Gasteiger partial charge in [0.1, 0.15) is 5.75 Å². The summed E-state index contributed by atoms with van der Waals surface area (Å²) in [6.07, 6.45) is 3.82. The Morgan fingerprint density at radius 1 is 1.20 bits per heavy atom. The van der Waals surface area contributed by atoms with Gasteiger partial charge in [0.2, 0.25) is 0 Å². The fourth-order valence-electron chi connectivity index (χ4n) is 2.17. The molecule has 1 aromatic carbocycles. The van der Waals surface area contributed by atoms with Crippen LogP contribution in [-0.2, 0) is 6.42 Å². The van der Waals surface area contributed by atoms with E-state index in [-0.39, 0.29) is 5.78 Å². The maximum atomic E-state index is 11.8. The number of ketones is 1. The minimum absolute atomic E-state index is 0.265. The lowest BCUT2D eigenvalue weighted by Crippen LogP contribution is -2.02. The number of methoxy groups -OCH3 is 1. The summed E-state index contributed by atoms with van der Waals surface area (Å²) in [6.45, 7) is 2.02. The van der Waals surface area contributed by atoms with Gasteiger partial charge in [0.25, 0.3) is 0 Å². The largest absolute Gasteiger partial charge is 0.496 e. The van der Waals surface area contributed by atoms with Crippen molar-refractivity contribution in [1.29, 1.82) is 0 Å². The van der Waals surface area contributed by atoms with Crippen LogP contribution in [0.2, 0.25) is 0 Å². The fraction of sp³-hybridized carbons (Fsp3) is 0.462. The molecule has 0 amide bonds. The predicted octanol–water partition coefficient (Wildman–Crippen LogP) is 2.91. The van der Waals surface area contributed by atoms with Crippen LogP contribution in [0, 0.1) is 6.92 Å². The van der Waals surface area contributed by atoms with Crippen molar-refractivity contribution in [3.63, 3.8) is 0 Å². The Balaban J connectivity index is 2.52. The van der Waals surface area contributed by atoms with Gasteiger partial charge in [-0.2, -0.15) is 0 Å². The van der Waals surface area contributed by atoms with E-state index in [4.69, 9.17) is 4.74 Å². The zero-order valence-corrected chi connectivity index (χ0v) is 9.30. The first-order chi connectivity index (χ1) is 7.22. The highest BCUT2D eigenvalue weighted by Crippen LogP contribution is 2.27. The molecule has 0 unspecified atom stereocenters. The summed E-state index contributed by atoms with van der Waals surface area (Å²) in [7, 11) is 1.65. The van der Waals surface area contributed by atoms with Gasteiger partial charge in [-0.05, 0) is 43.4 Å². The summed E-state index contributed by atoms with van der Waals surface area (Å²) >= 11 is 0. The van der Waals surface area contributed by atoms with Crippen molar-refractivity contribution >= 4 is 5.78 Å². The Bertz CT molecular complexity index is 394. The van der Waals surface area contributed by atoms with E-state index in [1.807, 2.05) is 13.0 Å². The molecule has 0 saturated carbocycles. The number of hydrogen-bond donors (Lipinski definition) is 0. The second-order valence-corrected chi connectivity index (χ2v) is 4.11. The minimum atomic E-state index is 0.265. The zero-order chi connectivity index (χ0) is 10.8. The van der Waals surface area contributed by atoms with Crippen molar-refractivity contribution in [2.24, 2.45) is 0 Å². The minimum Gasteiger partial charge on any atom is -0.496 e. The van der Waals surface area contributed by atoms with E-state index in [1.165, 1.54) is 5.56 Å². The molecule has 2 rings (SSSR count). The number of fused-ring (bicyclic) bond motifs is 1. The molecule has 0 saturated heterocycles. The van der Waals surface area contributed by atoms with Crippen LogP contribution in [0.25, 0.3) is 0 Å². The van der Waals surface area contributed by atoms with Crippen molar-refractivity contribution in [3.8, 4) is 5.75 Å². The van der Waals surface area contributed by atoms with Crippen LogP contribution in [0.4, 0.5) is 0 Å². The number of hydrogen-bond acceptors (Lipinski definition) is 2. The number of carbonyl (C=O) groups excluding carboxylic acids is 1. The molecule has 1 aromatic rings. The van der Waals surface area contributed by atoms with Crippen molar-refractivity contribution in [2.75, 3.05) is 7.11 Å². The third-order valence-corrected chi connectivity index (χ3v) is 3.02. The highest BCUT2D eigenvalue weighted by atomic mass is 16.5. The SMILES string of the molecule is COc1cc2c(cc1C)CCCCC2=O. The van der Waals surface area contributed by atoms with Crippen molar-refractivity contribution in [2.45, 2.75) is 32.6 Å². The molecule has 2 nitrogen and oxygen atoms in total. The third-order valence-electron chi connectivity index (χ3n) is 3.02. The van der Waals surface area contributed by atoms with Gasteiger partial charge < -0.3 is 4.74 Å². The van der Waals surface area contributed by atoms with Gasteiger partial charge in [-0.25, -0.2) is 0 Å². The van der Waals surface area contributed by atoms with Crippen molar-refractivity contribution < 1.29 is 9.53 Å². The molecule has 80 valence electrons. The first kappa shape index (κ1) is 10.2. The summed E-state index contributed by atoms with van der Waals surface area (Å²) < 4.78 is 5.25. The summed E-state index contributed by atoms with van der Waals surface area (Å²) in [5.41, 5.74) is 3.18. The van der Waals surface area contributed by atoms with Gasteiger partial charge in [-0.15, -0.1) is 0 Å². The molecule has 1 aliphatic rings. The predicted molar refractivity (Wildman–Crippen MR) is 59.6 cm³/mol. The quantitative estimate of drug-likeness (QED) is 0.657. The number of rotatable bonds is 1. The van der Waals surface area contributed by atoms with Gasteiger partial charge in [0.15, 0.2) is 5.78 Å². The van der Waals surface area contributed by atoms with Crippen LogP contribution in [0.3, 0.4) is 0 Å². The van der Waals surface area contributed by atoms with Crippen LogP contribution in [0.15, 0.2) is 12.1 Å². The maximum Gasteiger partial charge on any atom is 0.163 e. The van der Waals surface area contributed by atoms with E-state index in [1.54, 1.807) is 7.11 Å². The lowest BCUT2D eigenvalue weighted by atomic mass is 9.99. The van der Waals surface area contributed by atoms with Crippen molar-refractivity contribution in [1.82, 2.24) is 0 Å². The van der Waals surface area contributed by atoms with Gasteiger partial charge in [0, 0.05) is 12.0 Å². The number of benzene rings is 1. The second-order valence-electron chi connectivity index (χ2n) is 4.11.